The number of aliphatic carboxylic acids is 1. The normalized spacial score (nSPS) is 10.7. The molecule has 29 heavy (non-hydrogen) atoms. The second-order valence-electron chi connectivity index (χ2n) is 6.69. The number of nitrogens with zero attached hydrogens (tertiary/aromatic N) is 1. The van der Waals surface area contributed by atoms with Crippen LogP contribution >= 0.6 is 0 Å². The first-order chi connectivity index (χ1) is 14.0. The van der Waals surface area contributed by atoms with E-state index in [1.807, 2.05) is 0 Å². The van der Waals surface area contributed by atoms with Crippen LogP contribution in [0.5, 0.6) is 5.75 Å². The lowest BCUT2D eigenvalue weighted by Gasteiger charge is -2.05. The first-order valence-electron chi connectivity index (χ1n) is 10.0. The average Bonchev–Trinajstić information content (AvgIpc) is 2.71. The Morgan fingerprint density at radius 3 is 2.31 bits per heavy atom. The van der Waals surface area contributed by atoms with Crippen molar-refractivity contribution in [2.24, 2.45) is 5.10 Å². The molecule has 0 aliphatic carbocycles. The molecule has 8 nitrogen and oxygen atoms in total. The summed E-state index contributed by atoms with van der Waals surface area (Å²) in [6, 6.07) is 6.57. The highest BCUT2D eigenvalue weighted by atomic mass is 16.5. The number of carbonyl (C=O) groups is 3. The van der Waals surface area contributed by atoms with Gasteiger partial charge in [0.05, 0.1) is 12.8 Å². The van der Waals surface area contributed by atoms with E-state index in [0.29, 0.717) is 17.7 Å². The van der Waals surface area contributed by atoms with Crippen LogP contribution in [0.15, 0.2) is 29.4 Å². The zero-order valence-electron chi connectivity index (χ0n) is 17.0. The summed E-state index contributed by atoms with van der Waals surface area (Å²) in [4.78, 5) is 33.9. The molecule has 0 fully saturated rings. The van der Waals surface area contributed by atoms with E-state index in [1.165, 1.54) is 31.9 Å². The molecule has 1 rings (SSSR count). The Morgan fingerprint density at radius 2 is 1.66 bits per heavy atom. The van der Waals surface area contributed by atoms with Crippen LogP contribution in [-0.2, 0) is 14.4 Å². The second kappa shape index (κ2) is 15.1. The fourth-order valence-corrected chi connectivity index (χ4v) is 2.52. The molecule has 0 unspecified atom stereocenters. The Hall–Kier alpha value is -2.90. The first kappa shape index (κ1) is 24.1. The molecule has 0 radical (unpaired) electrons. The molecule has 0 aromatic heterocycles. The van der Waals surface area contributed by atoms with Gasteiger partial charge in [0.1, 0.15) is 5.75 Å². The number of nitrogens with one attached hydrogen (secondary N) is 2. The summed E-state index contributed by atoms with van der Waals surface area (Å²) in [5.41, 5.74) is 3.05. The molecule has 0 atom stereocenters. The van der Waals surface area contributed by atoms with Crippen LogP contribution in [0.4, 0.5) is 0 Å². The lowest BCUT2D eigenvalue weighted by atomic mass is 10.1. The number of hydrazone groups is 1. The summed E-state index contributed by atoms with van der Waals surface area (Å²) in [6.45, 7) is 1.66. The number of amides is 2. The van der Waals surface area contributed by atoms with E-state index in [0.717, 1.165) is 19.3 Å². The van der Waals surface area contributed by atoms with E-state index >= 15 is 0 Å². The lowest BCUT2D eigenvalue weighted by molar-refractivity contribution is -0.139. The van der Waals surface area contributed by atoms with E-state index < -0.39 is 18.5 Å². The van der Waals surface area contributed by atoms with Crippen molar-refractivity contribution in [3.8, 4) is 5.75 Å². The van der Waals surface area contributed by atoms with Gasteiger partial charge in [0.2, 0.25) is 5.91 Å². The number of benzene rings is 1. The van der Waals surface area contributed by atoms with Gasteiger partial charge in [0, 0.05) is 6.42 Å². The summed E-state index contributed by atoms with van der Waals surface area (Å²) < 4.78 is 5.02. The van der Waals surface area contributed by atoms with Gasteiger partial charge in [0.15, 0.2) is 6.61 Å². The van der Waals surface area contributed by atoms with Gasteiger partial charge in [-0.2, -0.15) is 5.10 Å². The number of unbranched alkanes of at least 4 members (excludes halogenated alkanes) is 6. The lowest BCUT2D eigenvalue weighted by Crippen LogP contribution is -2.34. The molecule has 0 bridgehead atoms. The Balaban J connectivity index is 2.15. The minimum atomic E-state index is -1.05. The Labute approximate surface area is 171 Å². The van der Waals surface area contributed by atoms with Crippen LogP contribution in [0.25, 0.3) is 0 Å². The van der Waals surface area contributed by atoms with E-state index in [2.05, 4.69) is 22.8 Å². The minimum absolute atomic E-state index is 0.116. The van der Waals surface area contributed by atoms with Gasteiger partial charge in [-0.1, -0.05) is 45.4 Å². The third-order valence-electron chi connectivity index (χ3n) is 4.10. The maximum atomic E-state index is 11.7. The molecule has 0 saturated carbocycles. The van der Waals surface area contributed by atoms with E-state index in [-0.39, 0.29) is 12.5 Å². The van der Waals surface area contributed by atoms with Crippen LogP contribution in [-0.4, -0.2) is 42.3 Å². The van der Waals surface area contributed by atoms with Gasteiger partial charge in [0.25, 0.3) is 5.91 Å². The zero-order chi connectivity index (χ0) is 21.3. The summed E-state index contributed by atoms with van der Waals surface area (Å²) in [5.74, 6) is -1.16. The second-order valence-corrected chi connectivity index (χ2v) is 6.69. The summed E-state index contributed by atoms with van der Waals surface area (Å²) in [6.07, 6.45) is 9.86. The smallest absolute Gasteiger partial charge is 0.341 e. The zero-order valence-corrected chi connectivity index (χ0v) is 17.0. The standard InChI is InChI=1S/C21H31N3O5/c1-2-3-4-5-6-7-8-9-19(25)22-15-20(26)24-23-14-17-10-12-18(13-11-17)29-16-21(27)28/h10-14H,2-9,15-16H2,1H3,(H,22,25)(H,24,26)(H,27,28)/b23-14-. The Kier molecular flexibility index (Phi) is 12.5. The van der Waals surface area contributed by atoms with Crippen molar-refractivity contribution < 1.29 is 24.2 Å². The van der Waals surface area contributed by atoms with Crippen molar-refractivity contribution in [2.75, 3.05) is 13.2 Å². The molecule has 0 saturated heterocycles. The maximum Gasteiger partial charge on any atom is 0.341 e. The first-order valence-corrected chi connectivity index (χ1v) is 10.0. The molecular weight excluding hydrogens is 374 g/mol. The van der Waals surface area contributed by atoms with Gasteiger partial charge in [-0.05, 0) is 36.2 Å². The van der Waals surface area contributed by atoms with Gasteiger partial charge >= 0.3 is 5.97 Å². The van der Waals surface area contributed by atoms with E-state index in [9.17, 15) is 14.4 Å². The number of rotatable bonds is 15. The number of carboxylic acid groups (broad SMARTS) is 1. The van der Waals surface area contributed by atoms with Crippen LogP contribution < -0.4 is 15.5 Å². The molecule has 0 aliphatic rings. The molecule has 0 heterocycles. The molecule has 3 N–H and O–H groups in total. The van der Waals surface area contributed by atoms with Crippen molar-refractivity contribution in [3.05, 3.63) is 29.8 Å². The summed E-state index contributed by atoms with van der Waals surface area (Å²) in [5, 5.41) is 15.0. The Morgan fingerprint density at radius 1 is 1.00 bits per heavy atom. The van der Waals surface area contributed by atoms with Gasteiger partial charge in [-0.25, -0.2) is 10.2 Å². The molecular formula is C21H31N3O5. The fourth-order valence-electron chi connectivity index (χ4n) is 2.52. The van der Waals surface area contributed by atoms with Crippen molar-refractivity contribution >= 4 is 24.0 Å². The molecule has 1 aromatic carbocycles. The van der Waals surface area contributed by atoms with Gasteiger partial charge < -0.3 is 15.2 Å². The van der Waals surface area contributed by atoms with Gasteiger partial charge in [-0.15, -0.1) is 0 Å². The molecule has 0 spiro atoms. The number of carbonyl (C=O) groups excluding carboxylic acids is 2. The summed E-state index contributed by atoms with van der Waals surface area (Å²) in [7, 11) is 0. The number of hydrogen-bond donors (Lipinski definition) is 3. The number of carboxylic acids is 1. The highest BCUT2D eigenvalue weighted by Crippen LogP contribution is 2.11. The highest BCUT2D eigenvalue weighted by molar-refractivity contribution is 5.86. The molecule has 8 heteroatoms. The SMILES string of the molecule is CCCCCCCCCC(=O)NCC(=O)N/N=C\c1ccc(OCC(=O)O)cc1. The third-order valence-corrected chi connectivity index (χ3v) is 4.10. The van der Waals surface area contributed by atoms with E-state index in [4.69, 9.17) is 9.84 Å². The monoisotopic (exact) mass is 405 g/mol. The number of hydrogen-bond acceptors (Lipinski definition) is 5. The van der Waals surface area contributed by atoms with Crippen LogP contribution in [0.1, 0.15) is 63.9 Å². The summed E-state index contributed by atoms with van der Waals surface area (Å²) >= 11 is 0. The number of ether oxygens (including phenoxy) is 1. The predicted molar refractivity (Wildman–Crippen MR) is 111 cm³/mol. The molecule has 160 valence electrons. The van der Waals surface area contributed by atoms with Gasteiger partial charge in [-0.3, -0.25) is 9.59 Å². The third kappa shape index (κ3) is 13.0. The average molecular weight is 405 g/mol. The van der Waals surface area contributed by atoms with Crippen molar-refractivity contribution in [1.82, 2.24) is 10.7 Å². The van der Waals surface area contributed by atoms with Crippen molar-refractivity contribution in [1.29, 1.82) is 0 Å². The largest absolute Gasteiger partial charge is 0.482 e. The minimum Gasteiger partial charge on any atom is -0.482 e. The Bertz CT molecular complexity index is 659. The molecule has 0 aliphatic heterocycles. The van der Waals surface area contributed by atoms with Crippen LogP contribution in [0.3, 0.4) is 0 Å². The van der Waals surface area contributed by atoms with E-state index in [1.54, 1.807) is 24.3 Å². The highest BCUT2D eigenvalue weighted by Gasteiger charge is 2.04. The molecule has 1 aromatic rings. The predicted octanol–water partition coefficient (Wildman–Crippen LogP) is 2.86. The maximum absolute atomic E-state index is 11.7. The molecule has 2 amide bonds. The quantitative estimate of drug-likeness (QED) is 0.236. The topological polar surface area (TPSA) is 117 Å². The van der Waals surface area contributed by atoms with Crippen LogP contribution in [0.2, 0.25) is 0 Å². The fraction of sp³-hybridized carbons (Fsp3) is 0.524. The van der Waals surface area contributed by atoms with Crippen molar-refractivity contribution in [3.63, 3.8) is 0 Å². The van der Waals surface area contributed by atoms with Crippen molar-refractivity contribution in [2.45, 2.75) is 58.3 Å². The van der Waals surface area contributed by atoms with Crippen LogP contribution in [0, 0.1) is 0 Å².